The van der Waals surface area contributed by atoms with E-state index in [1.54, 1.807) is 19.2 Å². The van der Waals surface area contributed by atoms with Crippen LogP contribution in [0.2, 0.25) is 10.3 Å². The number of ether oxygens (including phenoxy) is 2. The van der Waals surface area contributed by atoms with Crippen LogP contribution in [0.25, 0.3) is 0 Å². The van der Waals surface area contributed by atoms with E-state index < -0.39 is 0 Å². The number of hydrogen-bond donors (Lipinski definition) is 0. The van der Waals surface area contributed by atoms with Crippen molar-refractivity contribution < 1.29 is 9.47 Å². The van der Waals surface area contributed by atoms with Crippen molar-refractivity contribution in [1.82, 2.24) is 4.98 Å². The first-order chi connectivity index (χ1) is 6.22. The number of halogens is 2. The zero-order chi connectivity index (χ0) is 9.68. The quantitative estimate of drug-likeness (QED) is 0.579. The summed E-state index contributed by atoms with van der Waals surface area (Å²) in [5.74, 6) is 0.599. The van der Waals surface area contributed by atoms with Crippen LogP contribution in [0.4, 0.5) is 0 Å². The Morgan fingerprint density at radius 3 is 2.38 bits per heavy atom. The molecule has 0 saturated carbocycles. The van der Waals surface area contributed by atoms with Crippen LogP contribution in [0.5, 0.6) is 5.75 Å². The molecular weight excluding hydrogens is 213 g/mol. The highest BCUT2D eigenvalue weighted by Crippen LogP contribution is 2.20. The highest BCUT2D eigenvalue weighted by Gasteiger charge is 1.99. The molecule has 0 N–H and O–H groups in total. The number of aromatic nitrogens is 1. The van der Waals surface area contributed by atoms with Gasteiger partial charge in [0.25, 0.3) is 0 Å². The summed E-state index contributed by atoms with van der Waals surface area (Å²) in [6, 6.07) is 3.20. The van der Waals surface area contributed by atoms with Crippen LogP contribution in [0.1, 0.15) is 0 Å². The van der Waals surface area contributed by atoms with Crippen molar-refractivity contribution in [1.29, 1.82) is 0 Å². The van der Waals surface area contributed by atoms with Crippen molar-refractivity contribution in [3.8, 4) is 5.75 Å². The van der Waals surface area contributed by atoms with Crippen LogP contribution in [-0.2, 0) is 4.74 Å². The van der Waals surface area contributed by atoms with E-state index in [0.717, 1.165) is 0 Å². The van der Waals surface area contributed by atoms with Gasteiger partial charge in [-0.2, -0.15) is 0 Å². The predicted molar refractivity (Wildman–Crippen MR) is 51.6 cm³/mol. The van der Waals surface area contributed by atoms with Crippen molar-refractivity contribution in [3.05, 3.63) is 22.4 Å². The standard InChI is InChI=1S/C8H9Cl2NO2/c1-12-2-3-13-6-4-7(9)11-8(10)5-6/h4-5H,2-3H2,1H3. The van der Waals surface area contributed by atoms with Crippen LogP contribution in [-0.4, -0.2) is 25.3 Å². The second-order valence-corrected chi connectivity index (χ2v) is 3.06. The molecule has 1 heterocycles. The zero-order valence-corrected chi connectivity index (χ0v) is 8.60. The van der Waals surface area contributed by atoms with Crippen molar-refractivity contribution in [2.24, 2.45) is 0 Å². The normalized spacial score (nSPS) is 10.1. The largest absolute Gasteiger partial charge is 0.491 e. The maximum atomic E-state index is 5.66. The minimum Gasteiger partial charge on any atom is -0.491 e. The summed E-state index contributed by atoms with van der Waals surface area (Å²) in [7, 11) is 1.61. The third-order valence-electron chi connectivity index (χ3n) is 1.29. The summed E-state index contributed by atoms with van der Waals surface area (Å²) in [5, 5.41) is 0.639. The van der Waals surface area contributed by atoms with Gasteiger partial charge >= 0.3 is 0 Å². The van der Waals surface area contributed by atoms with E-state index in [-0.39, 0.29) is 0 Å². The lowest BCUT2D eigenvalue weighted by Crippen LogP contribution is -2.04. The molecule has 0 unspecified atom stereocenters. The van der Waals surface area contributed by atoms with Crippen LogP contribution in [0.15, 0.2) is 12.1 Å². The Morgan fingerprint density at radius 2 is 1.85 bits per heavy atom. The van der Waals surface area contributed by atoms with Gasteiger partial charge in [-0.05, 0) is 0 Å². The van der Waals surface area contributed by atoms with E-state index in [4.69, 9.17) is 32.7 Å². The predicted octanol–water partition coefficient (Wildman–Crippen LogP) is 2.41. The first-order valence-electron chi connectivity index (χ1n) is 3.67. The molecule has 0 radical (unpaired) electrons. The summed E-state index contributed by atoms with van der Waals surface area (Å²) in [6.45, 7) is 0.991. The zero-order valence-electron chi connectivity index (χ0n) is 7.09. The molecule has 0 aromatic carbocycles. The molecule has 0 fully saturated rings. The molecule has 1 aromatic rings. The van der Waals surface area contributed by atoms with Gasteiger partial charge in [0.05, 0.1) is 6.61 Å². The lowest BCUT2D eigenvalue weighted by molar-refractivity contribution is 0.146. The Bertz CT molecular complexity index is 261. The fourth-order valence-corrected chi connectivity index (χ4v) is 1.21. The summed E-state index contributed by atoms with van der Waals surface area (Å²) in [5.41, 5.74) is 0. The first kappa shape index (κ1) is 10.6. The molecule has 1 rings (SSSR count). The maximum absolute atomic E-state index is 5.66. The molecule has 5 heteroatoms. The molecular formula is C8H9Cl2NO2. The van der Waals surface area contributed by atoms with E-state index in [0.29, 0.717) is 29.3 Å². The smallest absolute Gasteiger partial charge is 0.134 e. The van der Waals surface area contributed by atoms with E-state index in [1.165, 1.54) is 0 Å². The highest BCUT2D eigenvalue weighted by molar-refractivity contribution is 6.32. The minimum absolute atomic E-state index is 0.319. The Hall–Kier alpha value is -0.510. The molecule has 0 spiro atoms. The lowest BCUT2D eigenvalue weighted by Gasteiger charge is -2.05. The number of nitrogens with zero attached hydrogens (tertiary/aromatic N) is 1. The number of hydrogen-bond acceptors (Lipinski definition) is 3. The second-order valence-electron chi connectivity index (χ2n) is 2.29. The molecule has 0 aliphatic heterocycles. The lowest BCUT2D eigenvalue weighted by atomic mass is 10.4. The van der Waals surface area contributed by atoms with Crippen LogP contribution >= 0.6 is 23.2 Å². The second kappa shape index (κ2) is 5.27. The van der Waals surface area contributed by atoms with Crippen LogP contribution in [0.3, 0.4) is 0 Å². The fraction of sp³-hybridized carbons (Fsp3) is 0.375. The monoisotopic (exact) mass is 221 g/mol. The molecule has 1 aromatic heterocycles. The summed E-state index contributed by atoms with van der Waals surface area (Å²) >= 11 is 11.3. The van der Waals surface area contributed by atoms with Gasteiger partial charge in [-0.3, -0.25) is 0 Å². The average molecular weight is 222 g/mol. The van der Waals surface area contributed by atoms with Crippen molar-refractivity contribution in [2.45, 2.75) is 0 Å². The van der Waals surface area contributed by atoms with Gasteiger partial charge in [0.15, 0.2) is 0 Å². The number of methoxy groups -OCH3 is 1. The van der Waals surface area contributed by atoms with Crippen LogP contribution < -0.4 is 4.74 Å². The van der Waals surface area contributed by atoms with Gasteiger partial charge < -0.3 is 9.47 Å². The molecule has 0 aliphatic carbocycles. The Labute approximate surface area is 86.6 Å². The third kappa shape index (κ3) is 3.81. The minimum atomic E-state index is 0.319. The molecule has 13 heavy (non-hydrogen) atoms. The third-order valence-corrected chi connectivity index (χ3v) is 1.68. The van der Waals surface area contributed by atoms with E-state index >= 15 is 0 Å². The number of pyridine rings is 1. The van der Waals surface area contributed by atoms with Crippen molar-refractivity contribution in [2.75, 3.05) is 20.3 Å². The van der Waals surface area contributed by atoms with Gasteiger partial charge in [0.1, 0.15) is 22.7 Å². The fourth-order valence-electron chi connectivity index (χ4n) is 0.769. The average Bonchev–Trinajstić information content (AvgIpc) is 2.03. The molecule has 0 aliphatic rings. The molecule has 72 valence electrons. The van der Waals surface area contributed by atoms with Gasteiger partial charge in [0, 0.05) is 19.2 Å². The maximum Gasteiger partial charge on any atom is 0.134 e. The Morgan fingerprint density at radius 1 is 1.23 bits per heavy atom. The van der Waals surface area contributed by atoms with Crippen molar-refractivity contribution >= 4 is 23.2 Å². The highest BCUT2D eigenvalue weighted by atomic mass is 35.5. The topological polar surface area (TPSA) is 31.4 Å². The Balaban J connectivity index is 2.56. The molecule has 0 amide bonds. The summed E-state index contributed by atoms with van der Waals surface area (Å²) in [6.07, 6.45) is 0. The van der Waals surface area contributed by atoms with Crippen molar-refractivity contribution in [3.63, 3.8) is 0 Å². The van der Waals surface area contributed by atoms with Gasteiger partial charge in [0.2, 0.25) is 0 Å². The van der Waals surface area contributed by atoms with Gasteiger partial charge in [-0.15, -0.1) is 0 Å². The SMILES string of the molecule is COCCOc1cc(Cl)nc(Cl)c1. The van der Waals surface area contributed by atoms with E-state index in [2.05, 4.69) is 4.98 Å². The van der Waals surface area contributed by atoms with E-state index in [1.807, 2.05) is 0 Å². The summed E-state index contributed by atoms with van der Waals surface area (Å²) < 4.78 is 10.1. The van der Waals surface area contributed by atoms with Crippen LogP contribution in [0, 0.1) is 0 Å². The first-order valence-corrected chi connectivity index (χ1v) is 4.43. The molecule has 0 atom stereocenters. The molecule has 0 bridgehead atoms. The number of rotatable bonds is 4. The van der Waals surface area contributed by atoms with E-state index in [9.17, 15) is 0 Å². The molecule has 0 saturated heterocycles. The summed E-state index contributed by atoms with van der Waals surface area (Å²) in [4.78, 5) is 3.78. The van der Waals surface area contributed by atoms with Gasteiger partial charge in [-0.25, -0.2) is 4.98 Å². The molecule has 3 nitrogen and oxygen atoms in total. The Kier molecular flexibility index (Phi) is 4.28. The van der Waals surface area contributed by atoms with Gasteiger partial charge in [-0.1, -0.05) is 23.2 Å².